The third kappa shape index (κ3) is 5.82. The summed E-state index contributed by atoms with van der Waals surface area (Å²) in [4.78, 5) is 10.1. The molecule has 3 heterocycles. The van der Waals surface area contributed by atoms with Crippen LogP contribution in [0.4, 0.5) is 17.1 Å². The summed E-state index contributed by atoms with van der Waals surface area (Å²) < 4.78 is 44.5. The lowest BCUT2D eigenvalue weighted by atomic mass is 9.33. The normalized spacial score (nSPS) is 22.1. The highest BCUT2D eigenvalue weighted by Crippen LogP contribution is 2.78. The van der Waals surface area contributed by atoms with E-state index in [1.54, 1.807) is 6.20 Å². The van der Waals surface area contributed by atoms with Gasteiger partial charge in [0.2, 0.25) is 0 Å². The zero-order valence-corrected chi connectivity index (χ0v) is 44.3. The average molecular weight is 981 g/mol. The third-order valence-corrected chi connectivity index (χ3v) is 17.8. The number of benzene rings is 8. The van der Waals surface area contributed by atoms with E-state index in [4.69, 9.17) is 13.8 Å². The molecule has 0 fully saturated rings. The van der Waals surface area contributed by atoms with Gasteiger partial charge in [-0.05, 0) is 121 Å². The molecule has 4 bridgehead atoms. The minimum atomic E-state index is -0.793. The third-order valence-electron chi connectivity index (χ3n) is 17.8. The largest absolute Gasteiger partial charge is 0.457 e. The molecule has 10 aromatic rings. The summed E-state index contributed by atoms with van der Waals surface area (Å²) in [6.45, 7) is 21.9. The van der Waals surface area contributed by atoms with E-state index in [0.717, 1.165) is 22.6 Å². The summed E-state index contributed by atoms with van der Waals surface area (Å²) in [6, 6.07) is 64.3. The minimum Gasteiger partial charge on any atom is -0.457 e. The van der Waals surface area contributed by atoms with Crippen LogP contribution >= 0.6 is 0 Å². The number of nitrogens with zero attached hydrogens (tertiary/aromatic N) is 4. The first-order chi connectivity index (χ1) is 37.8. The van der Waals surface area contributed by atoms with Crippen molar-refractivity contribution in [1.82, 2.24) is 9.55 Å². The van der Waals surface area contributed by atoms with E-state index in [1.807, 2.05) is 41.0 Å². The molecule has 0 saturated heterocycles. The molecular formula is C70H64N4O. The number of rotatable bonds is 5. The number of ether oxygens (including phenoxy) is 1. The summed E-state index contributed by atoms with van der Waals surface area (Å²) >= 11 is 0. The summed E-state index contributed by atoms with van der Waals surface area (Å²) in [6.07, 6.45) is 1.77. The van der Waals surface area contributed by atoms with E-state index in [2.05, 4.69) is 212 Å². The van der Waals surface area contributed by atoms with Gasteiger partial charge in [0, 0.05) is 46.1 Å². The number of aromatic nitrogens is 2. The summed E-state index contributed by atoms with van der Waals surface area (Å²) in [7, 11) is 0. The highest BCUT2D eigenvalue weighted by Gasteiger charge is 2.75. The Balaban J connectivity index is 0.968. The maximum Gasteiger partial charge on any atom is 0.137 e. The topological polar surface area (TPSA) is 33.5 Å². The van der Waals surface area contributed by atoms with Gasteiger partial charge in [0.25, 0.3) is 0 Å². The monoisotopic (exact) mass is 981 g/mol. The molecule has 6 aliphatic carbocycles. The molecule has 5 heteroatoms. The number of anilines is 3. The fraction of sp³-hybridized carbons (Fsp3) is 0.243. The lowest BCUT2D eigenvalue weighted by Crippen LogP contribution is -2.73. The molecule has 0 atom stereocenters. The van der Waals surface area contributed by atoms with Crippen molar-refractivity contribution in [2.75, 3.05) is 16.5 Å². The fourth-order valence-corrected chi connectivity index (χ4v) is 15.3. The number of hydrogen-bond donors (Lipinski definition) is 0. The van der Waals surface area contributed by atoms with Gasteiger partial charge >= 0.3 is 0 Å². The fourth-order valence-electron chi connectivity index (χ4n) is 15.3. The Hall–Kier alpha value is -7.89. The zero-order valence-electron chi connectivity index (χ0n) is 48.3. The average Bonchev–Trinajstić information content (AvgIpc) is 3.08. The van der Waals surface area contributed by atoms with E-state index in [9.17, 15) is 1.37 Å². The number of para-hydroxylation sites is 3. The predicted molar refractivity (Wildman–Crippen MR) is 309 cm³/mol. The molecule has 5 nitrogen and oxygen atoms in total. The van der Waals surface area contributed by atoms with Gasteiger partial charge in [-0.15, -0.1) is 0 Å². The van der Waals surface area contributed by atoms with Crippen molar-refractivity contribution in [1.29, 1.82) is 0 Å². The first-order valence-corrected chi connectivity index (χ1v) is 26.6. The molecule has 0 N–H and O–H groups in total. The molecule has 2 aromatic heterocycles. The van der Waals surface area contributed by atoms with Crippen LogP contribution < -0.4 is 14.5 Å². The van der Waals surface area contributed by atoms with E-state index in [1.165, 1.54) is 44.5 Å². The Labute approximate surface area is 447 Å². The van der Waals surface area contributed by atoms with Gasteiger partial charge in [-0.2, -0.15) is 0 Å². The maximum absolute atomic E-state index is 9.19. The number of hydrogen-bond acceptors (Lipinski definition) is 4. The SMILES string of the molecule is [2H]c1c([2H])c([2H])c2c(c1[2H])c1ccc(Oc3cccc(N4CN(C56c7ccccc7C(c7ccccc75)C5(C(C)(C)C)c7ccccc7C6(C(C)(C)C)c6ccccc65)c5ccccc54)c3)cc1n2-c1cc(C(C)(C)C)ccn1. The van der Waals surface area contributed by atoms with Crippen LogP contribution in [0.3, 0.4) is 0 Å². The molecule has 370 valence electrons. The van der Waals surface area contributed by atoms with Crippen LogP contribution in [0.25, 0.3) is 27.6 Å². The predicted octanol–water partition coefficient (Wildman–Crippen LogP) is 17.3. The zero-order chi connectivity index (χ0) is 54.9. The van der Waals surface area contributed by atoms with Crippen LogP contribution in [0.1, 0.15) is 124 Å². The maximum atomic E-state index is 9.19. The van der Waals surface area contributed by atoms with E-state index >= 15 is 0 Å². The molecule has 0 unspecified atom stereocenters. The quantitative estimate of drug-likeness (QED) is 0.172. The number of fused-ring (bicyclic) bond motifs is 4. The van der Waals surface area contributed by atoms with Crippen molar-refractivity contribution in [2.24, 2.45) is 10.8 Å². The molecule has 7 aliphatic rings. The number of pyridine rings is 1. The van der Waals surface area contributed by atoms with Gasteiger partial charge in [0.15, 0.2) is 0 Å². The van der Waals surface area contributed by atoms with Gasteiger partial charge in [-0.3, -0.25) is 4.57 Å². The smallest absolute Gasteiger partial charge is 0.137 e. The van der Waals surface area contributed by atoms with Crippen LogP contribution in [-0.2, 0) is 21.8 Å². The first kappa shape index (κ1) is 41.5. The lowest BCUT2D eigenvalue weighted by molar-refractivity contribution is 0.0865. The Bertz CT molecular complexity index is 4120. The van der Waals surface area contributed by atoms with Gasteiger partial charge in [-0.1, -0.05) is 196 Å². The molecule has 1 aliphatic heterocycles. The highest BCUT2D eigenvalue weighted by molar-refractivity contribution is 6.09. The Morgan fingerprint density at radius 1 is 0.533 bits per heavy atom. The second kappa shape index (κ2) is 15.6. The van der Waals surface area contributed by atoms with Crippen molar-refractivity contribution in [3.05, 3.63) is 256 Å². The second-order valence-electron chi connectivity index (χ2n) is 24.4. The molecule has 0 amide bonds. The van der Waals surface area contributed by atoms with Crippen molar-refractivity contribution in [2.45, 2.75) is 90.0 Å². The lowest BCUT2D eigenvalue weighted by Gasteiger charge is -2.72. The van der Waals surface area contributed by atoms with Crippen molar-refractivity contribution < 1.29 is 10.2 Å². The van der Waals surface area contributed by atoms with Crippen LogP contribution in [0.2, 0.25) is 0 Å². The van der Waals surface area contributed by atoms with Crippen LogP contribution in [0.5, 0.6) is 11.5 Å². The van der Waals surface area contributed by atoms with Gasteiger partial charge in [-0.25, -0.2) is 4.98 Å². The molecular weight excluding hydrogens is 913 g/mol. The van der Waals surface area contributed by atoms with E-state index in [-0.39, 0.29) is 46.3 Å². The molecule has 0 spiro atoms. The van der Waals surface area contributed by atoms with Crippen molar-refractivity contribution >= 4 is 38.9 Å². The molecule has 0 saturated carbocycles. The summed E-state index contributed by atoms with van der Waals surface area (Å²) in [5, 5.41) is 1.13. The summed E-state index contributed by atoms with van der Waals surface area (Å²) in [5.74, 6) is 1.78. The van der Waals surface area contributed by atoms with E-state index < -0.39 is 16.4 Å². The van der Waals surface area contributed by atoms with Crippen molar-refractivity contribution in [3.8, 4) is 17.3 Å². The van der Waals surface area contributed by atoms with Crippen LogP contribution in [0.15, 0.2) is 206 Å². The first-order valence-electron chi connectivity index (χ1n) is 28.6. The van der Waals surface area contributed by atoms with Crippen LogP contribution in [-0.4, -0.2) is 16.2 Å². The van der Waals surface area contributed by atoms with Gasteiger partial charge in [0.05, 0.1) is 40.0 Å². The highest BCUT2D eigenvalue weighted by atomic mass is 16.5. The Morgan fingerprint density at radius 3 is 1.76 bits per heavy atom. The summed E-state index contributed by atoms with van der Waals surface area (Å²) in [5.41, 5.74) is 13.8. The standard InChI is InChI=1S/C70H64N4O/c1-65(2,3)45-39-40-71-63(41-45)74-59-34-19-12-25-49(59)50-38-37-48(43-62(50)74)75-47-24-22-23-46(42-47)72-44-73(61-36-21-20-35-60(61)72)70-53-28-13-10-26-51(53)64(52-27-11-14-29-54(52)70)68(66(4,5)6)55-30-15-17-32-57(55)69(70,67(7,8)9)58-33-18-16-31-56(58)68/h10-43,64H,44H2,1-9H3/i12D,19D,25D,34D. The molecule has 75 heavy (non-hydrogen) atoms. The molecule has 17 rings (SSSR count). The second-order valence-corrected chi connectivity index (χ2v) is 24.4. The minimum absolute atomic E-state index is 0.00934. The van der Waals surface area contributed by atoms with E-state index in [0.29, 0.717) is 45.8 Å². The molecule has 0 radical (unpaired) electrons. The van der Waals surface area contributed by atoms with Crippen molar-refractivity contribution in [3.63, 3.8) is 0 Å². The Kier molecular flexibility index (Phi) is 8.61. The Morgan fingerprint density at radius 2 is 1.12 bits per heavy atom. The van der Waals surface area contributed by atoms with Gasteiger partial charge in [0.1, 0.15) is 22.9 Å². The molecule has 8 aromatic carbocycles. The van der Waals surface area contributed by atoms with Crippen LogP contribution in [0, 0.1) is 10.8 Å². The van der Waals surface area contributed by atoms with Gasteiger partial charge < -0.3 is 14.5 Å².